The molecular weight excluding hydrogens is 332 g/mol. The van der Waals surface area contributed by atoms with Crippen molar-refractivity contribution in [1.82, 2.24) is 9.97 Å². The Balaban J connectivity index is 2.29. The molecule has 23 heavy (non-hydrogen) atoms. The van der Waals surface area contributed by atoms with Crippen LogP contribution in [-0.4, -0.2) is 28.3 Å². The predicted molar refractivity (Wildman–Crippen MR) is 95.5 cm³/mol. The van der Waals surface area contributed by atoms with Crippen LogP contribution >= 0.6 is 23.1 Å². The van der Waals surface area contributed by atoms with Crippen LogP contribution in [-0.2, 0) is 16.0 Å². The Morgan fingerprint density at radius 1 is 1.43 bits per heavy atom. The number of nitrogens with one attached hydrogen (secondary N) is 1. The Morgan fingerprint density at radius 3 is 2.83 bits per heavy atom. The van der Waals surface area contributed by atoms with Gasteiger partial charge in [0, 0.05) is 4.88 Å². The molecule has 0 aromatic carbocycles. The number of fused-ring (bicyclic) bond motifs is 1. The number of aromatic amines is 1. The van der Waals surface area contributed by atoms with E-state index in [1.54, 1.807) is 18.3 Å². The number of hydrogen-bond acceptors (Lipinski definition) is 6. The van der Waals surface area contributed by atoms with Gasteiger partial charge in [-0.2, -0.15) is 0 Å². The Kier molecular flexibility index (Phi) is 6.24. The van der Waals surface area contributed by atoms with E-state index in [1.165, 1.54) is 11.8 Å². The van der Waals surface area contributed by atoms with Crippen molar-refractivity contribution >= 4 is 39.3 Å². The third kappa shape index (κ3) is 4.35. The average Bonchev–Trinajstić information content (AvgIpc) is 2.81. The standard InChI is InChI=1S/C16H22N2O3S2/c1-5-9(3)7-11-10(4)23-15-13(11)14(20)17-16(18-15)22-8-12(19)21-6-2/h9H,5-8H2,1-4H3,(H,17,18,20)/t9-/m0/s1. The molecule has 0 fully saturated rings. The van der Waals surface area contributed by atoms with E-state index in [1.807, 2.05) is 6.92 Å². The zero-order valence-electron chi connectivity index (χ0n) is 13.9. The molecule has 2 aromatic rings. The van der Waals surface area contributed by atoms with E-state index < -0.39 is 0 Å². The molecule has 2 aromatic heterocycles. The molecule has 0 radical (unpaired) electrons. The van der Waals surface area contributed by atoms with E-state index in [0.717, 1.165) is 28.1 Å². The molecule has 0 aliphatic heterocycles. The molecule has 1 atom stereocenters. The molecule has 2 heterocycles. The number of carbonyl (C=O) groups excluding carboxylic acids is 1. The summed E-state index contributed by atoms with van der Waals surface area (Å²) in [4.78, 5) is 33.1. The topological polar surface area (TPSA) is 72.0 Å². The first-order chi connectivity index (χ1) is 11.0. The highest BCUT2D eigenvalue weighted by Crippen LogP contribution is 2.30. The summed E-state index contributed by atoms with van der Waals surface area (Å²) in [6, 6.07) is 0. The normalized spacial score (nSPS) is 12.5. The number of aryl methyl sites for hydroxylation is 1. The van der Waals surface area contributed by atoms with Crippen molar-refractivity contribution in [2.24, 2.45) is 5.92 Å². The minimum atomic E-state index is -0.305. The second-order valence-electron chi connectivity index (χ2n) is 5.50. The largest absolute Gasteiger partial charge is 0.465 e. The van der Waals surface area contributed by atoms with Gasteiger partial charge in [-0.15, -0.1) is 11.3 Å². The highest BCUT2D eigenvalue weighted by molar-refractivity contribution is 7.99. The maximum Gasteiger partial charge on any atom is 0.316 e. The second-order valence-corrected chi connectivity index (χ2v) is 7.67. The molecule has 1 N–H and O–H groups in total. The molecule has 0 bridgehead atoms. The van der Waals surface area contributed by atoms with Gasteiger partial charge >= 0.3 is 5.97 Å². The highest BCUT2D eigenvalue weighted by Gasteiger charge is 2.17. The van der Waals surface area contributed by atoms with Crippen LogP contribution in [0.3, 0.4) is 0 Å². The lowest BCUT2D eigenvalue weighted by molar-refractivity contribution is -0.139. The maximum absolute atomic E-state index is 12.5. The van der Waals surface area contributed by atoms with Crippen molar-refractivity contribution < 1.29 is 9.53 Å². The zero-order valence-corrected chi connectivity index (χ0v) is 15.5. The summed E-state index contributed by atoms with van der Waals surface area (Å²) in [6.45, 7) is 8.50. The van der Waals surface area contributed by atoms with E-state index in [0.29, 0.717) is 23.1 Å². The van der Waals surface area contributed by atoms with Crippen molar-refractivity contribution in [2.75, 3.05) is 12.4 Å². The van der Waals surface area contributed by atoms with Crippen LogP contribution in [0.25, 0.3) is 10.2 Å². The molecule has 5 nitrogen and oxygen atoms in total. The number of aromatic nitrogens is 2. The summed E-state index contributed by atoms with van der Waals surface area (Å²) in [5.74, 6) is 0.371. The summed E-state index contributed by atoms with van der Waals surface area (Å²) in [5.41, 5.74) is 0.985. The number of H-pyrrole nitrogens is 1. The van der Waals surface area contributed by atoms with Gasteiger partial charge in [0.25, 0.3) is 5.56 Å². The van der Waals surface area contributed by atoms with Crippen LogP contribution < -0.4 is 5.56 Å². The van der Waals surface area contributed by atoms with Gasteiger partial charge in [0.05, 0.1) is 17.7 Å². The number of esters is 1. The van der Waals surface area contributed by atoms with Gasteiger partial charge < -0.3 is 9.72 Å². The van der Waals surface area contributed by atoms with Gasteiger partial charge in [0.15, 0.2) is 5.16 Å². The van der Waals surface area contributed by atoms with Gasteiger partial charge in [0.2, 0.25) is 0 Å². The van der Waals surface area contributed by atoms with Crippen LogP contribution in [0.1, 0.15) is 37.6 Å². The molecule has 0 aliphatic rings. The van der Waals surface area contributed by atoms with Crippen LogP contribution in [0, 0.1) is 12.8 Å². The van der Waals surface area contributed by atoms with Crippen molar-refractivity contribution in [3.8, 4) is 0 Å². The third-order valence-electron chi connectivity index (χ3n) is 3.72. The van der Waals surface area contributed by atoms with Crippen LogP contribution in [0.2, 0.25) is 0 Å². The van der Waals surface area contributed by atoms with Gasteiger partial charge in [-0.05, 0) is 31.7 Å². The van der Waals surface area contributed by atoms with Crippen LogP contribution in [0.5, 0.6) is 0 Å². The Bertz CT molecular complexity index is 752. The first-order valence-electron chi connectivity index (χ1n) is 7.76. The monoisotopic (exact) mass is 354 g/mol. The van der Waals surface area contributed by atoms with Crippen molar-refractivity contribution in [3.05, 3.63) is 20.8 Å². The smallest absolute Gasteiger partial charge is 0.316 e. The SMILES string of the molecule is CCOC(=O)CSc1nc2sc(C)c(C[C@@H](C)CC)c2c(=O)[nH]1. The summed E-state index contributed by atoms with van der Waals surface area (Å²) in [7, 11) is 0. The first kappa shape index (κ1) is 18.0. The number of nitrogens with zero attached hydrogens (tertiary/aromatic N) is 1. The maximum atomic E-state index is 12.5. The number of thiophene rings is 1. The Morgan fingerprint density at radius 2 is 2.17 bits per heavy atom. The highest BCUT2D eigenvalue weighted by atomic mass is 32.2. The lowest BCUT2D eigenvalue weighted by Crippen LogP contribution is -2.12. The van der Waals surface area contributed by atoms with E-state index in [9.17, 15) is 9.59 Å². The van der Waals surface area contributed by atoms with Crippen LogP contribution in [0.4, 0.5) is 0 Å². The van der Waals surface area contributed by atoms with Gasteiger partial charge in [0.1, 0.15) is 4.83 Å². The molecule has 0 aliphatic carbocycles. The number of ether oxygens (including phenoxy) is 1. The van der Waals surface area contributed by atoms with Gasteiger partial charge in [-0.3, -0.25) is 9.59 Å². The molecule has 7 heteroatoms. The summed E-state index contributed by atoms with van der Waals surface area (Å²) < 4.78 is 4.88. The molecule has 126 valence electrons. The number of rotatable bonds is 7. The molecule has 0 saturated carbocycles. The first-order valence-corrected chi connectivity index (χ1v) is 9.57. The van der Waals surface area contributed by atoms with Crippen LogP contribution in [0.15, 0.2) is 9.95 Å². The quantitative estimate of drug-likeness (QED) is 0.468. The Hall–Kier alpha value is -1.34. The molecular formula is C16H22N2O3S2. The lowest BCUT2D eigenvalue weighted by atomic mass is 9.98. The van der Waals surface area contributed by atoms with E-state index >= 15 is 0 Å². The van der Waals surface area contributed by atoms with Crippen molar-refractivity contribution in [3.63, 3.8) is 0 Å². The minimum absolute atomic E-state index is 0.121. The molecule has 0 saturated heterocycles. The van der Waals surface area contributed by atoms with Gasteiger partial charge in [-0.1, -0.05) is 32.0 Å². The fraction of sp³-hybridized carbons (Fsp3) is 0.562. The number of hydrogen-bond donors (Lipinski definition) is 1. The lowest BCUT2D eigenvalue weighted by Gasteiger charge is -2.08. The summed E-state index contributed by atoms with van der Waals surface area (Å²) in [5, 5.41) is 1.17. The van der Waals surface area contributed by atoms with E-state index in [4.69, 9.17) is 4.74 Å². The predicted octanol–water partition coefficient (Wildman–Crippen LogP) is 3.54. The van der Waals surface area contributed by atoms with Gasteiger partial charge in [-0.25, -0.2) is 4.98 Å². The van der Waals surface area contributed by atoms with E-state index in [-0.39, 0.29) is 17.3 Å². The van der Waals surface area contributed by atoms with E-state index in [2.05, 4.69) is 23.8 Å². The minimum Gasteiger partial charge on any atom is -0.465 e. The fourth-order valence-corrected chi connectivity index (χ4v) is 4.06. The Labute approximate surface area is 143 Å². The summed E-state index contributed by atoms with van der Waals surface area (Å²) in [6.07, 6.45) is 1.97. The summed E-state index contributed by atoms with van der Waals surface area (Å²) >= 11 is 2.74. The third-order valence-corrected chi connectivity index (χ3v) is 5.61. The number of carbonyl (C=O) groups is 1. The van der Waals surface area contributed by atoms with Crippen molar-refractivity contribution in [1.29, 1.82) is 0 Å². The van der Waals surface area contributed by atoms with Crippen molar-refractivity contribution in [2.45, 2.75) is 45.7 Å². The number of thioether (sulfide) groups is 1. The molecule has 0 amide bonds. The molecule has 0 unspecified atom stereocenters. The second kappa shape index (κ2) is 7.97. The average molecular weight is 354 g/mol. The molecule has 0 spiro atoms. The fourth-order valence-electron chi connectivity index (χ4n) is 2.29. The molecule has 2 rings (SSSR count). The zero-order chi connectivity index (χ0) is 17.0.